The van der Waals surface area contributed by atoms with E-state index in [2.05, 4.69) is 5.32 Å². The number of benzene rings is 2. The molecule has 2 rings (SSSR count). The van der Waals surface area contributed by atoms with Crippen LogP contribution in [0.5, 0.6) is 0 Å². The fourth-order valence-electron chi connectivity index (χ4n) is 2.85. The van der Waals surface area contributed by atoms with Crippen molar-refractivity contribution in [1.29, 1.82) is 0 Å². The summed E-state index contributed by atoms with van der Waals surface area (Å²) in [5.74, 6) is -2.80. The number of hydrogen-bond donors (Lipinski definition) is 4. The fourth-order valence-corrected chi connectivity index (χ4v) is 2.85. The van der Waals surface area contributed by atoms with E-state index in [4.69, 9.17) is 10.9 Å². The molecule has 0 unspecified atom stereocenters. The maximum absolute atomic E-state index is 12.8. The zero-order chi connectivity index (χ0) is 22.3. The van der Waals surface area contributed by atoms with Gasteiger partial charge in [-0.2, -0.15) is 0 Å². The highest BCUT2D eigenvalue weighted by atomic mass is 19.1. The second kappa shape index (κ2) is 9.95. The summed E-state index contributed by atoms with van der Waals surface area (Å²) in [7, 11) is 1.26. The van der Waals surface area contributed by atoms with Gasteiger partial charge in [0.2, 0.25) is 0 Å². The molecular weight excluding hydrogens is 391 g/mol. The number of nitrogens with zero attached hydrogens (tertiary/aromatic N) is 1. The van der Waals surface area contributed by atoms with Crippen molar-refractivity contribution in [3.05, 3.63) is 59.7 Å². The third-order valence-corrected chi connectivity index (χ3v) is 5.02. The van der Waals surface area contributed by atoms with Crippen LogP contribution in [0.25, 0.3) is 11.1 Å². The normalized spacial score (nSPS) is 12.7. The minimum absolute atomic E-state index is 0.242. The second-order valence-electron chi connectivity index (χ2n) is 6.88. The van der Waals surface area contributed by atoms with E-state index in [9.17, 15) is 18.8 Å². The topological polar surface area (TPSA) is 125 Å². The van der Waals surface area contributed by atoms with Crippen LogP contribution in [-0.2, 0) is 16.1 Å². The highest BCUT2D eigenvalue weighted by molar-refractivity contribution is 6.12. The van der Waals surface area contributed by atoms with Gasteiger partial charge in [-0.05, 0) is 35.7 Å². The third kappa shape index (κ3) is 4.81. The van der Waals surface area contributed by atoms with E-state index in [0.29, 0.717) is 13.1 Å². The van der Waals surface area contributed by atoms with Crippen molar-refractivity contribution in [3.63, 3.8) is 0 Å². The molecule has 0 bridgehead atoms. The smallest absolute Gasteiger partial charge is 0.278 e. The van der Waals surface area contributed by atoms with E-state index >= 15 is 0 Å². The van der Waals surface area contributed by atoms with Gasteiger partial charge in [0.15, 0.2) is 5.54 Å². The molecule has 5 N–H and O–H groups in total. The summed E-state index contributed by atoms with van der Waals surface area (Å²) in [5, 5.41) is 11.9. The summed E-state index contributed by atoms with van der Waals surface area (Å²) < 4.78 is 12.1. The molecule has 0 fully saturated rings. The number of hydroxylamine groups is 1. The number of halogens is 1. The Hall–Kier alpha value is -3.30. The zero-order valence-corrected chi connectivity index (χ0v) is 16.8. The summed E-state index contributed by atoms with van der Waals surface area (Å²) in [4.78, 5) is 37.3. The molecule has 0 heterocycles. The van der Waals surface area contributed by atoms with Crippen LogP contribution < -0.4 is 16.5 Å². The number of carbonyl (C=O) groups excluding carboxylic acids is 3. The van der Waals surface area contributed by atoms with Crippen molar-refractivity contribution in [2.75, 3.05) is 20.3 Å². The predicted molar refractivity (Wildman–Crippen MR) is 109 cm³/mol. The van der Waals surface area contributed by atoms with Crippen LogP contribution in [0, 0.1) is 0 Å². The summed E-state index contributed by atoms with van der Waals surface area (Å²) in [6.45, 7) is 1.61. The Morgan fingerprint density at radius 2 is 1.60 bits per heavy atom. The Kier molecular flexibility index (Phi) is 7.62. The van der Waals surface area contributed by atoms with Crippen LogP contribution in [0.1, 0.15) is 22.8 Å². The van der Waals surface area contributed by atoms with Crippen molar-refractivity contribution in [3.8, 4) is 11.1 Å². The van der Waals surface area contributed by atoms with E-state index in [1.54, 1.807) is 24.3 Å². The SMILES string of the molecule is CN(C(=O)c1ccc(-c2ccc(CNCCF)cc2)cc1)[C@@](C)(C(N)=O)C(=O)NO. The quantitative estimate of drug-likeness (QED) is 0.212. The third-order valence-electron chi connectivity index (χ3n) is 5.02. The Bertz CT molecular complexity index is 902. The highest BCUT2D eigenvalue weighted by Crippen LogP contribution is 2.22. The molecular formula is C21H25FN4O4. The summed E-state index contributed by atoms with van der Waals surface area (Å²) in [6, 6.07) is 14.3. The summed E-state index contributed by atoms with van der Waals surface area (Å²) in [6.07, 6.45) is 0. The number of hydrogen-bond acceptors (Lipinski definition) is 5. The van der Waals surface area contributed by atoms with E-state index in [1.807, 2.05) is 24.3 Å². The first kappa shape index (κ1) is 23.0. The van der Waals surface area contributed by atoms with Gasteiger partial charge in [0.05, 0.1) is 0 Å². The first-order valence-corrected chi connectivity index (χ1v) is 9.24. The number of carbonyl (C=O) groups is 3. The molecule has 0 saturated carbocycles. The number of amides is 3. The Balaban J connectivity index is 2.17. The van der Waals surface area contributed by atoms with Gasteiger partial charge in [0, 0.05) is 25.7 Å². The largest absolute Gasteiger partial charge is 0.367 e. The molecule has 2 aromatic carbocycles. The number of likely N-dealkylation sites (N-methyl/N-ethyl adjacent to an activating group) is 1. The average Bonchev–Trinajstić information content (AvgIpc) is 2.77. The summed E-state index contributed by atoms with van der Waals surface area (Å²) in [5.41, 5.74) is 7.65. The van der Waals surface area contributed by atoms with Gasteiger partial charge in [-0.25, -0.2) is 9.87 Å². The number of rotatable bonds is 9. The van der Waals surface area contributed by atoms with E-state index in [0.717, 1.165) is 28.5 Å². The first-order valence-electron chi connectivity index (χ1n) is 9.24. The minimum atomic E-state index is -2.06. The Morgan fingerprint density at radius 1 is 1.07 bits per heavy atom. The molecule has 160 valence electrons. The van der Waals surface area contributed by atoms with Gasteiger partial charge in [0.1, 0.15) is 6.67 Å². The number of alkyl halides is 1. The lowest BCUT2D eigenvalue weighted by molar-refractivity contribution is -0.146. The predicted octanol–water partition coefficient (Wildman–Crippen LogP) is 1.23. The highest BCUT2D eigenvalue weighted by Gasteiger charge is 2.46. The molecule has 0 aromatic heterocycles. The molecule has 0 aliphatic heterocycles. The van der Waals surface area contributed by atoms with E-state index in [-0.39, 0.29) is 5.56 Å². The molecule has 3 amide bonds. The molecule has 1 atom stereocenters. The van der Waals surface area contributed by atoms with Crippen LogP contribution in [0.3, 0.4) is 0 Å². The molecule has 9 heteroatoms. The van der Waals surface area contributed by atoms with Crippen molar-refractivity contribution >= 4 is 17.7 Å². The fraction of sp³-hybridized carbons (Fsp3) is 0.286. The lowest BCUT2D eigenvalue weighted by Gasteiger charge is -2.33. The zero-order valence-electron chi connectivity index (χ0n) is 16.8. The molecule has 2 aromatic rings. The van der Waals surface area contributed by atoms with Gasteiger partial charge >= 0.3 is 0 Å². The minimum Gasteiger partial charge on any atom is -0.367 e. The molecule has 30 heavy (non-hydrogen) atoms. The van der Waals surface area contributed by atoms with E-state index in [1.165, 1.54) is 12.5 Å². The van der Waals surface area contributed by atoms with Crippen molar-refractivity contribution in [2.24, 2.45) is 5.73 Å². The van der Waals surface area contributed by atoms with Crippen LogP contribution in [0.4, 0.5) is 4.39 Å². The van der Waals surface area contributed by atoms with Gasteiger partial charge < -0.3 is 16.0 Å². The lowest BCUT2D eigenvalue weighted by Crippen LogP contribution is -2.64. The number of nitrogens with two attached hydrogens (primary N) is 1. The van der Waals surface area contributed by atoms with Gasteiger partial charge in [-0.3, -0.25) is 19.6 Å². The molecule has 0 radical (unpaired) electrons. The molecule has 8 nitrogen and oxygen atoms in total. The number of primary amides is 1. The molecule has 0 aliphatic rings. The van der Waals surface area contributed by atoms with Gasteiger partial charge in [-0.15, -0.1) is 0 Å². The maximum atomic E-state index is 12.8. The van der Waals surface area contributed by atoms with Gasteiger partial charge in [-0.1, -0.05) is 36.4 Å². The van der Waals surface area contributed by atoms with Gasteiger partial charge in [0.25, 0.3) is 17.7 Å². The Labute approximate surface area is 173 Å². The van der Waals surface area contributed by atoms with Crippen LogP contribution in [0.2, 0.25) is 0 Å². The van der Waals surface area contributed by atoms with Crippen LogP contribution in [-0.4, -0.2) is 53.6 Å². The average molecular weight is 416 g/mol. The first-order chi connectivity index (χ1) is 14.2. The van der Waals surface area contributed by atoms with Crippen molar-refractivity contribution in [2.45, 2.75) is 19.0 Å². The van der Waals surface area contributed by atoms with Crippen LogP contribution in [0.15, 0.2) is 48.5 Å². The molecule has 0 saturated heterocycles. The van der Waals surface area contributed by atoms with Crippen molar-refractivity contribution in [1.82, 2.24) is 15.7 Å². The molecule has 0 aliphatic carbocycles. The second-order valence-corrected chi connectivity index (χ2v) is 6.88. The van der Waals surface area contributed by atoms with E-state index < -0.39 is 29.9 Å². The summed E-state index contributed by atoms with van der Waals surface area (Å²) >= 11 is 0. The lowest BCUT2D eigenvalue weighted by atomic mass is 9.96. The maximum Gasteiger partial charge on any atom is 0.278 e. The standard InChI is InChI=1S/C21H25FN4O4/c1-21(19(23)28,20(29)25-30)26(2)18(27)17-9-7-16(8-10-17)15-5-3-14(4-6-15)13-24-12-11-22/h3-10,24,30H,11-13H2,1-2H3,(H2,23,28)(H,25,29)/t21-/m0/s1. The number of nitrogens with one attached hydrogen (secondary N) is 2. The Morgan fingerprint density at radius 3 is 2.07 bits per heavy atom. The van der Waals surface area contributed by atoms with Crippen LogP contribution >= 0.6 is 0 Å². The van der Waals surface area contributed by atoms with Crippen molar-refractivity contribution < 1.29 is 24.0 Å². The molecule has 0 spiro atoms. The monoisotopic (exact) mass is 416 g/mol.